The molecule has 1 aliphatic rings. The van der Waals surface area contributed by atoms with Crippen molar-refractivity contribution in [3.63, 3.8) is 0 Å². The lowest BCUT2D eigenvalue weighted by Gasteiger charge is -2.33. The quantitative estimate of drug-likeness (QED) is 0.768. The number of H-pyrrole nitrogens is 1. The molecule has 2 heterocycles. The smallest absolute Gasteiger partial charge is 0.0642 e. The molecule has 0 unspecified atom stereocenters. The molecule has 0 spiro atoms. The number of hydrogen-bond donors (Lipinski definition) is 2. The van der Waals surface area contributed by atoms with E-state index in [0.29, 0.717) is 6.42 Å². The molecule has 4 nitrogen and oxygen atoms in total. The topological polar surface area (TPSA) is 54.9 Å². The Morgan fingerprint density at radius 1 is 1.47 bits per heavy atom. The van der Waals surface area contributed by atoms with Crippen molar-refractivity contribution in [1.82, 2.24) is 15.2 Å². The van der Waals surface area contributed by atoms with Gasteiger partial charge in [-0.25, -0.2) is 0 Å². The summed E-state index contributed by atoms with van der Waals surface area (Å²) in [5.41, 5.74) is 1.15. The number of nitrogens with one attached hydrogen (secondary N) is 2. The van der Waals surface area contributed by atoms with Gasteiger partial charge >= 0.3 is 0 Å². The molecule has 2 rings (SSSR count). The van der Waals surface area contributed by atoms with Crippen LogP contribution in [0.15, 0.2) is 18.3 Å². The monoisotopic (exact) mass is 204 g/mol. The Kier molecular flexibility index (Phi) is 3.38. The lowest BCUT2D eigenvalue weighted by atomic mass is 10.1. The summed E-state index contributed by atoms with van der Waals surface area (Å²) in [6, 6.07) is 6.55. The highest BCUT2D eigenvalue weighted by molar-refractivity contribution is 5.11. The number of aromatic amines is 1. The predicted octanol–water partition coefficient (Wildman–Crippen LogP) is 0.875. The normalized spacial score (nSPS) is 19.7. The second-order valence-corrected chi connectivity index (χ2v) is 3.79. The van der Waals surface area contributed by atoms with Crippen LogP contribution in [0.25, 0.3) is 0 Å². The molecule has 1 atom stereocenters. The summed E-state index contributed by atoms with van der Waals surface area (Å²) in [6.45, 7) is 4.07. The van der Waals surface area contributed by atoms with Gasteiger partial charge in [0.1, 0.15) is 0 Å². The molecule has 0 amide bonds. The van der Waals surface area contributed by atoms with Gasteiger partial charge in [0.05, 0.1) is 18.5 Å². The van der Waals surface area contributed by atoms with Crippen molar-refractivity contribution < 1.29 is 0 Å². The van der Waals surface area contributed by atoms with Crippen LogP contribution in [0.4, 0.5) is 0 Å². The SMILES string of the molecule is N#CC[C@H](c1ccc[nH]1)N1CCNCC1. The lowest BCUT2D eigenvalue weighted by Crippen LogP contribution is -2.45. The van der Waals surface area contributed by atoms with Gasteiger partial charge < -0.3 is 10.3 Å². The molecule has 15 heavy (non-hydrogen) atoms. The highest BCUT2D eigenvalue weighted by atomic mass is 15.2. The largest absolute Gasteiger partial charge is 0.364 e. The fourth-order valence-electron chi connectivity index (χ4n) is 2.07. The van der Waals surface area contributed by atoms with Gasteiger partial charge in [0, 0.05) is 38.1 Å². The Labute approximate surface area is 89.9 Å². The van der Waals surface area contributed by atoms with E-state index in [1.165, 1.54) is 0 Å². The summed E-state index contributed by atoms with van der Waals surface area (Å²) in [6.07, 6.45) is 2.47. The summed E-state index contributed by atoms with van der Waals surface area (Å²) in [5, 5.41) is 12.2. The average molecular weight is 204 g/mol. The maximum absolute atomic E-state index is 8.86. The van der Waals surface area contributed by atoms with E-state index in [9.17, 15) is 0 Å². The molecule has 1 aromatic rings. The minimum absolute atomic E-state index is 0.229. The molecule has 80 valence electrons. The van der Waals surface area contributed by atoms with Crippen molar-refractivity contribution in [3.8, 4) is 6.07 Å². The van der Waals surface area contributed by atoms with Crippen LogP contribution < -0.4 is 5.32 Å². The van der Waals surface area contributed by atoms with Crippen molar-refractivity contribution in [2.75, 3.05) is 26.2 Å². The second kappa shape index (κ2) is 4.96. The molecule has 1 fully saturated rings. The fraction of sp³-hybridized carbons (Fsp3) is 0.545. The summed E-state index contributed by atoms with van der Waals surface area (Å²) in [4.78, 5) is 5.57. The molecule has 0 saturated carbocycles. The minimum Gasteiger partial charge on any atom is -0.364 e. The van der Waals surface area contributed by atoms with E-state index >= 15 is 0 Å². The first-order chi connectivity index (χ1) is 7.42. The maximum atomic E-state index is 8.86. The minimum atomic E-state index is 0.229. The van der Waals surface area contributed by atoms with E-state index in [1.807, 2.05) is 12.3 Å². The Morgan fingerprint density at radius 2 is 2.27 bits per heavy atom. The Hall–Kier alpha value is -1.31. The molecule has 1 aromatic heterocycles. The van der Waals surface area contributed by atoms with Crippen molar-refractivity contribution in [2.24, 2.45) is 0 Å². The van der Waals surface area contributed by atoms with E-state index in [-0.39, 0.29) is 6.04 Å². The van der Waals surface area contributed by atoms with Gasteiger partial charge in [0.25, 0.3) is 0 Å². The molecule has 1 saturated heterocycles. The van der Waals surface area contributed by atoms with E-state index in [2.05, 4.69) is 27.3 Å². The summed E-state index contributed by atoms with van der Waals surface area (Å²) in [5.74, 6) is 0. The van der Waals surface area contributed by atoms with E-state index < -0.39 is 0 Å². The van der Waals surface area contributed by atoms with Crippen LogP contribution in [0.5, 0.6) is 0 Å². The van der Waals surface area contributed by atoms with Gasteiger partial charge in [0.15, 0.2) is 0 Å². The number of nitriles is 1. The zero-order valence-electron chi connectivity index (χ0n) is 8.74. The molecule has 0 aromatic carbocycles. The first kappa shape index (κ1) is 10.2. The molecule has 1 aliphatic heterocycles. The summed E-state index contributed by atoms with van der Waals surface area (Å²) < 4.78 is 0. The number of nitrogens with zero attached hydrogens (tertiary/aromatic N) is 2. The zero-order valence-corrected chi connectivity index (χ0v) is 8.74. The Morgan fingerprint density at radius 3 is 2.87 bits per heavy atom. The maximum Gasteiger partial charge on any atom is 0.0642 e. The first-order valence-electron chi connectivity index (χ1n) is 5.37. The third-order valence-electron chi connectivity index (χ3n) is 2.86. The summed E-state index contributed by atoms with van der Waals surface area (Å²) in [7, 11) is 0. The van der Waals surface area contributed by atoms with Crippen LogP contribution in [0.1, 0.15) is 18.2 Å². The number of aromatic nitrogens is 1. The van der Waals surface area contributed by atoms with Gasteiger partial charge in [-0.2, -0.15) is 5.26 Å². The highest BCUT2D eigenvalue weighted by Gasteiger charge is 2.22. The van der Waals surface area contributed by atoms with Gasteiger partial charge in [-0.3, -0.25) is 4.90 Å². The standard InChI is InChI=1S/C11H16N4/c12-4-3-11(10-2-1-5-14-10)15-8-6-13-7-9-15/h1-2,5,11,13-14H,3,6-9H2/t11-/m1/s1. The van der Waals surface area contributed by atoms with Crippen LogP contribution in [0, 0.1) is 11.3 Å². The van der Waals surface area contributed by atoms with Crippen LogP contribution in [-0.2, 0) is 0 Å². The second-order valence-electron chi connectivity index (χ2n) is 3.79. The number of hydrogen-bond acceptors (Lipinski definition) is 3. The Bertz CT molecular complexity index is 319. The van der Waals surface area contributed by atoms with Crippen LogP contribution >= 0.6 is 0 Å². The van der Waals surface area contributed by atoms with Crippen molar-refractivity contribution in [2.45, 2.75) is 12.5 Å². The van der Waals surface area contributed by atoms with Gasteiger partial charge in [0.2, 0.25) is 0 Å². The van der Waals surface area contributed by atoms with E-state index in [1.54, 1.807) is 0 Å². The first-order valence-corrected chi connectivity index (χ1v) is 5.37. The average Bonchev–Trinajstić information content (AvgIpc) is 2.80. The molecule has 4 heteroatoms. The van der Waals surface area contributed by atoms with Crippen LogP contribution in [0.3, 0.4) is 0 Å². The van der Waals surface area contributed by atoms with Gasteiger partial charge in [-0.05, 0) is 12.1 Å². The van der Waals surface area contributed by atoms with E-state index in [4.69, 9.17) is 5.26 Å². The Balaban J connectivity index is 2.08. The van der Waals surface area contributed by atoms with Crippen LogP contribution in [0.2, 0.25) is 0 Å². The predicted molar refractivity (Wildman–Crippen MR) is 58.2 cm³/mol. The molecule has 0 radical (unpaired) electrons. The van der Waals surface area contributed by atoms with Gasteiger partial charge in [-0.15, -0.1) is 0 Å². The molecular formula is C11H16N4. The van der Waals surface area contributed by atoms with Crippen molar-refractivity contribution in [3.05, 3.63) is 24.0 Å². The molecule has 0 aliphatic carbocycles. The molecular weight excluding hydrogens is 188 g/mol. The third-order valence-corrected chi connectivity index (χ3v) is 2.86. The zero-order chi connectivity index (χ0) is 10.5. The third kappa shape index (κ3) is 2.38. The van der Waals surface area contributed by atoms with Crippen molar-refractivity contribution in [1.29, 1.82) is 5.26 Å². The highest BCUT2D eigenvalue weighted by Crippen LogP contribution is 2.22. The van der Waals surface area contributed by atoms with E-state index in [0.717, 1.165) is 31.9 Å². The van der Waals surface area contributed by atoms with Crippen molar-refractivity contribution >= 4 is 0 Å². The molecule has 0 bridgehead atoms. The molecule has 2 N–H and O–H groups in total. The number of piperazine rings is 1. The van der Waals surface area contributed by atoms with Gasteiger partial charge in [-0.1, -0.05) is 0 Å². The summed E-state index contributed by atoms with van der Waals surface area (Å²) >= 11 is 0. The fourth-order valence-corrected chi connectivity index (χ4v) is 2.07. The number of rotatable bonds is 3. The van der Waals surface area contributed by atoms with Crippen LogP contribution in [-0.4, -0.2) is 36.1 Å². The lowest BCUT2D eigenvalue weighted by molar-refractivity contribution is 0.173.